The lowest BCUT2D eigenvalue weighted by molar-refractivity contribution is 0.621. The van der Waals surface area contributed by atoms with Gasteiger partial charge >= 0.3 is 0 Å². The maximum Gasteiger partial charge on any atom is 0.139 e. The van der Waals surface area contributed by atoms with E-state index in [2.05, 4.69) is 27.4 Å². The third kappa shape index (κ3) is 2.79. The second-order valence-corrected chi connectivity index (χ2v) is 5.45. The standard InChI is InChI=1S/C12H12BrFN2S/c1-16(6-8-2-3-17-7-8)12-4-9(13)10(14)5-11(12)15/h2-5,7H,6,15H2,1H3. The number of hydrogen-bond donors (Lipinski definition) is 1. The Bertz CT molecular complexity index is 513. The fourth-order valence-corrected chi connectivity index (χ4v) is 2.62. The number of nitrogens with two attached hydrogens (primary N) is 1. The van der Waals surface area contributed by atoms with Gasteiger partial charge in [0.05, 0.1) is 15.8 Å². The minimum Gasteiger partial charge on any atom is -0.397 e. The fourth-order valence-electron chi connectivity index (χ4n) is 1.62. The quantitative estimate of drug-likeness (QED) is 0.871. The molecule has 1 aromatic carbocycles. The Kier molecular flexibility index (Phi) is 3.69. The molecule has 17 heavy (non-hydrogen) atoms. The zero-order chi connectivity index (χ0) is 12.4. The first-order valence-corrected chi connectivity index (χ1v) is 6.78. The normalized spacial score (nSPS) is 10.5. The van der Waals surface area contributed by atoms with Crippen LogP contribution in [0.5, 0.6) is 0 Å². The van der Waals surface area contributed by atoms with Gasteiger partial charge in [-0.1, -0.05) is 0 Å². The van der Waals surface area contributed by atoms with Crippen LogP contribution in [0.4, 0.5) is 15.8 Å². The van der Waals surface area contributed by atoms with E-state index in [0.717, 1.165) is 12.2 Å². The van der Waals surface area contributed by atoms with Gasteiger partial charge in [-0.2, -0.15) is 11.3 Å². The Hall–Kier alpha value is -1.07. The third-order valence-electron chi connectivity index (χ3n) is 2.48. The van der Waals surface area contributed by atoms with E-state index in [1.54, 1.807) is 17.4 Å². The van der Waals surface area contributed by atoms with Gasteiger partial charge in [0.15, 0.2) is 0 Å². The average molecular weight is 315 g/mol. The lowest BCUT2D eigenvalue weighted by atomic mass is 10.2. The summed E-state index contributed by atoms with van der Waals surface area (Å²) in [4.78, 5) is 2.00. The van der Waals surface area contributed by atoms with Gasteiger partial charge in [-0.05, 0) is 44.4 Å². The van der Waals surface area contributed by atoms with Crippen molar-refractivity contribution in [1.29, 1.82) is 0 Å². The van der Waals surface area contributed by atoms with Crippen LogP contribution in [-0.2, 0) is 6.54 Å². The first kappa shape index (κ1) is 12.4. The molecule has 0 aliphatic carbocycles. The second-order valence-electron chi connectivity index (χ2n) is 3.81. The third-order valence-corrected chi connectivity index (χ3v) is 3.82. The SMILES string of the molecule is CN(Cc1ccsc1)c1cc(Br)c(F)cc1N. The van der Waals surface area contributed by atoms with Crippen molar-refractivity contribution in [3.8, 4) is 0 Å². The number of anilines is 2. The topological polar surface area (TPSA) is 29.3 Å². The smallest absolute Gasteiger partial charge is 0.139 e. The Morgan fingerprint density at radius 3 is 2.88 bits per heavy atom. The van der Waals surface area contributed by atoms with Crippen LogP contribution in [0, 0.1) is 5.82 Å². The van der Waals surface area contributed by atoms with Crippen molar-refractivity contribution in [1.82, 2.24) is 0 Å². The van der Waals surface area contributed by atoms with Gasteiger partial charge < -0.3 is 10.6 Å². The van der Waals surface area contributed by atoms with E-state index >= 15 is 0 Å². The molecule has 2 rings (SSSR count). The first-order valence-electron chi connectivity index (χ1n) is 5.04. The van der Waals surface area contributed by atoms with Crippen molar-refractivity contribution in [2.45, 2.75) is 6.54 Å². The largest absolute Gasteiger partial charge is 0.397 e. The molecule has 90 valence electrons. The molecule has 0 aliphatic heterocycles. The first-order chi connectivity index (χ1) is 8.08. The Labute approximate surface area is 112 Å². The zero-order valence-electron chi connectivity index (χ0n) is 9.28. The van der Waals surface area contributed by atoms with Gasteiger partial charge in [0.1, 0.15) is 5.82 Å². The molecule has 0 saturated carbocycles. The summed E-state index contributed by atoms with van der Waals surface area (Å²) in [6.45, 7) is 0.756. The molecule has 0 radical (unpaired) electrons. The highest BCUT2D eigenvalue weighted by molar-refractivity contribution is 9.10. The van der Waals surface area contributed by atoms with E-state index in [1.165, 1.54) is 11.6 Å². The van der Waals surface area contributed by atoms with E-state index in [9.17, 15) is 4.39 Å². The summed E-state index contributed by atoms with van der Waals surface area (Å²) >= 11 is 4.83. The minimum atomic E-state index is -0.338. The molecule has 0 atom stereocenters. The highest BCUT2D eigenvalue weighted by atomic mass is 79.9. The number of nitrogens with zero attached hydrogens (tertiary/aromatic N) is 1. The second kappa shape index (κ2) is 5.06. The van der Waals surface area contributed by atoms with E-state index in [-0.39, 0.29) is 5.82 Å². The molecule has 0 unspecified atom stereocenters. The van der Waals surface area contributed by atoms with E-state index in [0.29, 0.717) is 10.2 Å². The molecule has 0 aliphatic rings. The summed E-state index contributed by atoms with van der Waals surface area (Å²) in [6, 6.07) is 5.11. The lowest BCUT2D eigenvalue weighted by Crippen LogP contribution is -2.17. The van der Waals surface area contributed by atoms with Crippen molar-refractivity contribution in [3.05, 3.63) is 44.8 Å². The van der Waals surface area contributed by atoms with E-state index in [4.69, 9.17) is 5.73 Å². The molecular formula is C12H12BrFN2S. The van der Waals surface area contributed by atoms with Crippen LogP contribution in [0.3, 0.4) is 0 Å². The molecule has 1 heterocycles. The minimum absolute atomic E-state index is 0.338. The van der Waals surface area contributed by atoms with E-state index in [1.807, 2.05) is 17.3 Å². The summed E-state index contributed by atoms with van der Waals surface area (Å²) < 4.78 is 13.7. The van der Waals surface area contributed by atoms with Crippen molar-refractivity contribution < 1.29 is 4.39 Å². The number of nitrogen functional groups attached to an aromatic ring is 1. The molecule has 1 aromatic heterocycles. The Morgan fingerprint density at radius 2 is 2.24 bits per heavy atom. The molecule has 2 N–H and O–H groups in total. The molecule has 0 amide bonds. The van der Waals surface area contributed by atoms with Crippen LogP contribution in [-0.4, -0.2) is 7.05 Å². The van der Waals surface area contributed by atoms with Gasteiger partial charge in [-0.15, -0.1) is 0 Å². The summed E-state index contributed by atoms with van der Waals surface area (Å²) in [5.74, 6) is -0.338. The van der Waals surface area contributed by atoms with Gasteiger partial charge in [0.25, 0.3) is 0 Å². The fraction of sp³-hybridized carbons (Fsp3) is 0.167. The monoisotopic (exact) mass is 314 g/mol. The van der Waals surface area contributed by atoms with Crippen LogP contribution in [0.15, 0.2) is 33.4 Å². The number of halogens is 2. The molecule has 2 nitrogen and oxygen atoms in total. The number of rotatable bonds is 3. The number of thiophene rings is 1. The highest BCUT2D eigenvalue weighted by Gasteiger charge is 2.10. The lowest BCUT2D eigenvalue weighted by Gasteiger charge is -2.21. The maximum absolute atomic E-state index is 13.3. The zero-order valence-corrected chi connectivity index (χ0v) is 11.7. The average Bonchev–Trinajstić information content (AvgIpc) is 2.76. The highest BCUT2D eigenvalue weighted by Crippen LogP contribution is 2.30. The van der Waals surface area contributed by atoms with Crippen LogP contribution in [0.1, 0.15) is 5.56 Å². The number of hydrogen-bond acceptors (Lipinski definition) is 3. The van der Waals surface area contributed by atoms with Crippen LogP contribution in [0.2, 0.25) is 0 Å². The maximum atomic E-state index is 13.3. The van der Waals surface area contributed by atoms with Crippen LogP contribution < -0.4 is 10.6 Å². The predicted molar refractivity (Wildman–Crippen MR) is 74.9 cm³/mol. The molecule has 5 heteroatoms. The Balaban J connectivity index is 2.24. The van der Waals surface area contributed by atoms with E-state index < -0.39 is 0 Å². The van der Waals surface area contributed by atoms with Crippen molar-refractivity contribution in [3.63, 3.8) is 0 Å². The van der Waals surface area contributed by atoms with Crippen LogP contribution >= 0.6 is 27.3 Å². The molecule has 0 fully saturated rings. The van der Waals surface area contributed by atoms with Crippen LogP contribution in [0.25, 0.3) is 0 Å². The molecule has 0 spiro atoms. The summed E-state index contributed by atoms with van der Waals surface area (Å²) in [5, 5.41) is 4.12. The summed E-state index contributed by atoms with van der Waals surface area (Å²) in [5.41, 5.74) is 8.31. The van der Waals surface area contributed by atoms with Crippen molar-refractivity contribution >= 4 is 38.6 Å². The molecule has 0 bridgehead atoms. The predicted octanol–water partition coefficient (Wildman–Crippen LogP) is 3.87. The summed E-state index contributed by atoms with van der Waals surface area (Å²) in [6.07, 6.45) is 0. The van der Waals surface area contributed by atoms with Gasteiger partial charge in [0, 0.05) is 19.7 Å². The molecular weight excluding hydrogens is 303 g/mol. The Morgan fingerprint density at radius 1 is 1.47 bits per heavy atom. The van der Waals surface area contributed by atoms with Crippen molar-refractivity contribution in [2.75, 3.05) is 17.7 Å². The van der Waals surface area contributed by atoms with Gasteiger partial charge in [0.2, 0.25) is 0 Å². The molecule has 0 saturated heterocycles. The van der Waals surface area contributed by atoms with Gasteiger partial charge in [-0.25, -0.2) is 4.39 Å². The van der Waals surface area contributed by atoms with Crippen molar-refractivity contribution in [2.24, 2.45) is 0 Å². The molecule has 2 aromatic rings. The van der Waals surface area contributed by atoms with Gasteiger partial charge in [-0.3, -0.25) is 0 Å². The summed E-state index contributed by atoms with van der Waals surface area (Å²) in [7, 11) is 1.94. The number of benzene rings is 1.